The van der Waals surface area contributed by atoms with Crippen molar-refractivity contribution in [2.45, 2.75) is 56.9 Å². The molecule has 0 aromatic heterocycles. The largest absolute Gasteiger partial charge is 0.229 e. The molecular weight excluding hydrogens is 308 g/mol. The van der Waals surface area contributed by atoms with Crippen molar-refractivity contribution in [3.8, 4) is 0 Å². The normalized spacial score (nSPS) is 12.2. The number of hydrogen-bond acceptors (Lipinski definition) is 4. The maximum absolute atomic E-state index is 11.6. The first-order valence-corrected chi connectivity index (χ1v) is 10.2. The Morgan fingerprint density at radius 1 is 0.857 bits per heavy atom. The van der Waals surface area contributed by atoms with Crippen LogP contribution < -0.4 is 0 Å². The Balaban J connectivity index is 0.000000433. The summed E-state index contributed by atoms with van der Waals surface area (Å²) in [6.45, 7) is 10.4. The highest BCUT2D eigenvalue weighted by Gasteiger charge is 2.18. The zero-order valence-corrected chi connectivity index (χ0v) is 15.3. The molecule has 0 N–H and O–H groups in total. The predicted molar refractivity (Wildman–Crippen MR) is 88.1 cm³/mol. The van der Waals surface area contributed by atoms with Crippen molar-refractivity contribution in [2.75, 3.05) is 5.75 Å². The lowest BCUT2D eigenvalue weighted by atomic mass is 10.2. The second-order valence-corrected chi connectivity index (χ2v) is 10.8. The molecule has 0 aliphatic rings. The molecule has 0 spiro atoms. The first-order valence-electron chi connectivity index (χ1n) is 6.97. The van der Waals surface area contributed by atoms with Crippen molar-refractivity contribution < 1.29 is 16.8 Å². The molecule has 0 heterocycles. The minimum Gasteiger partial charge on any atom is -0.229 e. The van der Waals surface area contributed by atoms with Gasteiger partial charge in [0.05, 0.1) is 15.4 Å². The fourth-order valence-electron chi connectivity index (χ4n) is 1.33. The van der Waals surface area contributed by atoms with Crippen LogP contribution in [-0.4, -0.2) is 33.1 Å². The van der Waals surface area contributed by atoms with E-state index < -0.39 is 19.7 Å². The monoisotopic (exact) mass is 334 g/mol. The third-order valence-corrected chi connectivity index (χ3v) is 7.50. The van der Waals surface area contributed by atoms with E-state index >= 15 is 0 Å². The molecule has 0 aliphatic heterocycles. The van der Waals surface area contributed by atoms with Crippen LogP contribution in [0.5, 0.6) is 0 Å². The van der Waals surface area contributed by atoms with Crippen LogP contribution in [0, 0.1) is 6.92 Å². The van der Waals surface area contributed by atoms with E-state index in [1.165, 1.54) is 0 Å². The molecule has 0 unspecified atom stereocenters. The van der Waals surface area contributed by atoms with Crippen LogP contribution in [0.2, 0.25) is 0 Å². The number of rotatable bonds is 4. The summed E-state index contributed by atoms with van der Waals surface area (Å²) in [5.74, 6) is 0.255. The van der Waals surface area contributed by atoms with Gasteiger partial charge >= 0.3 is 0 Å². The van der Waals surface area contributed by atoms with Crippen molar-refractivity contribution in [3.05, 3.63) is 29.8 Å². The molecule has 6 heteroatoms. The third kappa shape index (κ3) is 6.18. The molecule has 0 aliphatic carbocycles. The Hall–Kier alpha value is -0.880. The van der Waals surface area contributed by atoms with Crippen LogP contribution in [-0.2, 0) is 19.7 Å². The molecule has 21 heavy (non-hydrogen) atoms. The second-order valence-electron chi connectivity index (χ2n) is 5.41. The highest BCUT2D eigenvalue weighted by Crippen LogP contribution is 2.15. The van der Waals surface area contributed by atoms with Gasteiger partial charge in [-0.2, -0.15) is 0 Å². The molecule has 1 aromatic carbocycles. The lowest BCUT2D eigenvalue weighted by molar-refractivity contribution is 0.586. The fourth-order valence-corrected chi connectivity index (χ4v) is 3.06. The highest BCUT2D eigenvalue weighted by molar-refractivity contribution is 7.92. The Kier molecular flexibility index (Phi) is 7.61. The Morgan fingerprint density at radius 3 is 1.52 bits per heavy atom. The van der Waals surface area contributed by atoms with Crippen molar-refractivity contribution in [1.82, 2.24) is 0 Å². The summed E-state index contributed by atoms with van der Waals surface area (Å²) in [7, 11) is -5.83. The predicted octanol–water partition coefficient (Wildman–Crippen LogP) is 3.01. The molecule has 0 saturated carbocycles. The van der Waals surface area contributed by atoms with Crippen LogP contribution in [0.15, 0.2) is 29.2 Å². The maximum atomic E-state index is 11.6. The Labute approximate surface area is 129 Å². The van der Waals surface area contributed by atoms with Gasteiger partial charge in [-0.3, -0.25) is 0 Å². The van der Waals surface area contributed by atoms with Crippen LogP contribution in [0.3, 0.4) is 0 Å². The van der Waals surface area contributed by atoms with Gasteiger partial charge in [-0.25, -0.2) is 16.8 Å². The summed E-state index contributed by atoms with van der Waals surface area (Å²) < 4.78 is 44.7. The van der Waals surface area contributed by atoms with Gasteiger partial charge in [0, 0.05) is 5.75 Å². The molecule has 122 valence electrons. The summed E-state index contributed by atoms with van der Waals surface area (Å²) in [5.41, 5.74) is 1.07. The van der Waals surface area contributed by atoms with Gasteiger partial charge < -0.3 is 0 Å². The van der Waals surface area contributed by atoms with Crippen LogP contribution in [0.4, 0.5) is 0 Å². The molecule has 0 fully saturated rings. The van der Waals surface area contributed by atoms with Crippen molar-refractivity contribution >= 4 is 19.7 Å². The van der Waals surface area contributed by atoms with E-state index in [0.717, 1.165) is 5.56 Å². The quantitative estimate of drug-likeness (QED) is 0.849. The van der Waals surface area contributed by atoms with Crippen molar-refractivity contribution in [1.29, 1.82) is 0 Å². The molecule has 1 aromatic rings. The zero-order valence-electron chi connectivity index (χ0n) is 13.6. The Morgan fingerprint density at radius 2 is 1.29 bits per heavy atom. The topological polar surface area (TPSA) is 68.3 Å². The standard InChI is InChI=1S/C10H14O2S.C5H12O2S/c1-8(2)13(11,12)10-6-4-9(3)5-7-10;1-4-8(6,7)5(2)3/h4-8H,1-3H3;5H,4H2,1-3H3. The molecule has 4 nitrogen and oxygen atoms in total. The average molecular weight is 335 g/mol. The van der Waals surface area contributed by atoms with E-state index in [0.29, 0.717) is 4.90 Å². The van der Waals surface area contributed by atoms with E-state index in [9.17, 15) is 16.8 Å². The van der Waals surface area contributed by atoms with Gasteiger partial charge in [0.1, 0.15) is 0 Å². The van der Waals surface area contributed by atoms with Gasteiger partial charge in [-0.1, -0.05) is 24.6 Å². The van der Waals surface area contributed by atoms with Gasteiger partial charge in [0.15, 0.2) is 19.7 Å². The minimum atomic E-state index is -3.09. The van der Waals surface area contributed by atoms with Crippen LogP contribution in [0.1, 0.15) is 40.2 Å². The van der Waals surface area contributed by atoms with Crippen molar-refractivity contribution in [2.24, 2.45) is 0 Å². The molecule has 0 amide bonds. The van der Waals surface area contributed by atoms with E-state index in [4.69, 9.17) is 0 Å². The van der Waals surface area contributed by atoms with E-state index in [1.54, 1.807) is 46.8 Å². The third-order valence-electron chi connectivity index (χ3n) is 3.09. The fraction of sp³-hybridized carbons (Fsp3) is 0.600. The number of hydrogen-bond donors (Lipinski definition) is 0. The van der Waals surface area contributed by atoms with E-state index in [2.05, 4.69) is 0 Å². The number of aryl methyl sites for hydroxylation is 1. The smallest absolute Gasteiger partial charge is 0.180 e. The van der Waals surface area contributed by atoms with Crippen LogP contribution in [0.25, 0.3) is 0 Å². The highest BCUT2D eigenvalue weighted by atomic mass is 32.2. The molecule has 0 bridgehead atoms. The Bertz CT molecular complexity index is 625. The lowest BCUT2D eigenvalue weighted by Crippen LogP contribution is -2.15. The number of sulfone groups is 2. The maximum Gasteiger partial charge on any atom is 0.180 e. The van der Waals surface area contributed by atoms with Crippen molar-refractivity contribution in [3.63, 3.8) is 0 Å². The van der Waals surface area contributed by atoms with Crippen LogP contribution >= 0.6 is 0 Å². The SMILES string of the molecule is CCS(=O)(=O)C(C)C.Cc1ccc(S(=O)(=O)C(C)C)cc1. The molecule has 1 rings (SSSR count). The van der Waals surface area contributed by atoms with E-state index in [1.807, 2.05) is 19.1 Å². The first kappa shape index (κ1) is 20.1. The van der Waals surface area contributed by atoms with Gasteiger partial charge in [0.25, 0.3) is 0 Å². The molecular formula is C15H26O4S2. The minimum absolute atomic E-state index is 0.215. The van der Waals surface area contributed by atoms with Gasteiger partial charge in [-0.15, -0.1) is 0 Å². The second kappa shape index (κ2) is 7.94. The summed E-state index contributed by atoms with van der Waals surface area (Å²) in [5, 5.41) is -0.567. The number of benzene rings is 1. The summed E-state index contributed by atoms with van der Waals surface area (Å²) >= 11 is 0. The first-order chi connectivity index (χ1) is 9.45. The average Bonchev–Trinajstić information content (AvgIpc) is 2.39. The summed E-state index contributed by atoms with van der Waals surface area (Å²) in [6.07, 6.45) is 0. The summed E-state index contributed by atoms with van der Waals surface area (Å²) in [6, 6.07) is 6.94. The van der Waals surface area contributed by atoms with E-state index in [-0.39, 0.29) is 16.3 Å². The molecule has 0 radical (unpaired) electrons. The molecule has 0 atom stereocenters. The van der Waals surface area contributed by atoms with Gasteiger partial charge in [0.2, 0.25) is 0 Å². The molecule has 0 saturated heterocycles. The lowest BCUT2D eigenvalue weighted by Gasteiger charge is -2.07. The zero-order chi connectivity index (χ0) is 16.8. The summed E-state index contributed by atoms with van der Waals surface area (Å²) in [4.78, 5) is 0.410. The van der Waals surface area contributed by atoms with Gasteiger partial charge in [-0.05, 0) is 46.8 Å².